The second kappa shape index (κ2) is 18.3. The topological polar surface area (TPSA) is 208 Å². The van der Waals surface area contributed by atoms with Crippen LogP contribution in [0.5, 0.6) is 5.75 Å². The van der Waals surface area contributed by atoms with Gasteiger partial charge in [-0.25, -0.2) is 0 Å². The first-order valence-corrected chi connectivity index (χ1v) is 13.1. The number of carbonyl (C=O) groups excluding carboxylic acids is 4. The van der Waals surface area contributed by atoms with E-state index in [1.807, 2.05) is 13.8 Å². The van der Waals surface area contributed by atoms with Gasteiger partial charge in [0.25, 0.3) is 0 Å². The summed E-state index contributed by atoms with van der Waals surface area (Å²) < 4.78 is 5.21. The highest BCUT2D eigenvalue weighted by Crippen LogP contribution is 2.19. The Morgan fingerprint density at radius 3 is 2.25 bits per heavy atom. The average Bonchev–Trinajstić information content (AvgIpc) is 2.87. The van der Waals surface area contributed by atoms with Gasteiger partial charge in [-0.05, 0) is 48.9 Å². The van der Waals surface area contributed by atoms with Gasteiger partial charge in [-0.1, -0.05) is 31.1 Å². The smallest absolute Gasteiger partial charge is 0.304 e. The van der Waals surface area contributed by atoms with E-state index in [2.05, 4.69) is 20.7 Å². The Balaban J connectivity index is 2.93. The SMILES string of the molecule is CC(=O)C[C@@H](Cc1ccc(O)cc1)C(=O)N[C@H](CC(C)C)C(=O)C[C@@H](CC(=O)O)C(=O)NCCOCCN=[N+]=[N-]. The van der Waals surface area contributed by atoms with Gasteiger partial charge in [0.2, 0.25) is 11.8 Å². The molecule has 3 atom stereocenters. The zero-order valence-corrected chi connectivity index (χ0v) is 23.2. The zero-order valence-electron chi connectivity index (χ0n) is 23.2. The van der Waals surface area contributed by atoms with E-state index in [0.717, 1.165) is 5.56 Å². The van der Waals surface area contributed by atoms with E-state index in [-0.39, 0.29) is 63.0 Å². The molecule has 0 saturated carbocycles. The summed E-state index contributed by atoms with van der Waals surface area (Å²) in [6, 6.07) is 5.27. The highest BCUT2D eigenvalue weighted by Gasteiger charge is 2.31. The maximum absolute atomic E-state index is 13.3. The van der Waals surface area contributed by atoms with Crippen LogP contribution in [0.15, 0.2) is 29.4 Å². The normalized spacial score (nSPS) is 13.0. The van der Waals surface area contributed by atoms with Gasteiger partial charge in [-0.3, -0.25) is 19.2 Å². The monoisotopic (exact) mass is 561 g/mol. The van der Waals surface area contributed by atoms with E-state index in [1.165, 1.54) is 19.1 Å². The molecule has 2 amide bonds. The number of ketones is 2. The maximum Gasteiger partial charge on any atom is 0.304 e. The van der Waals surface area contributed by atoms with E-state index in [0.29, 0.717) is 0 Å². The molecule has 0 heterocycles. The number of hydrogen-bond donors (Lipinski definition) is 4. The number of hydrogen-bond acceptors (Lipinski definition) is 8. The Kier molecular flexibility index (Phi) is 15.6. The quantitative estimate of drug-likeness (QED) is 0.0802. The lowest BCUT2D eigenvalue weighted by Crippen LogP contribution is -2.46. The minimum Gasteiger partial charge on any atom is -0.508 e. The van der Waals surface area contributed by atoms with E-state index in [9.17, 15) is 34.2 Å². The van der Waals surface area contributed by atoms with Gasteiger partial charge in [0.1, 0.15) is 11.5 Å². The van der Waals surface area contributed by atoms with Crippen LogP contribution >= 0.6 is 0 Å². The van der Waals surface area contributed by atoms with E-state index in [4.69, 9.17) is 10.3 Å². The lowest BCUT2D eigenvalue weighted by Gasteiger charge is -2.24. The summed E-state index contributed by atoms with van der Waals surface area (Å²) in [6.07, 6.45) is -0.557. The third kappa shape index (κ3) is 14.3. The number of carbonyl (C=O) groups is 5. The summed E-state index contributed by atoms with van der Waals surface area (Å²) in [6.45, 7) is 5.55. The number of phenolic OH excluding ortho intramolecular Hbond substituents is 1. The fourth-order valence-electron chi connectivity index (χ4n) is 4.05. The second-order valence-corrected chi connectivity index (χ2v) is 9.99. The average molecular weight is 562 g/mol. The number of phenols is 1. The highest BCUT2D eigenvalue weighted by atomic mass is 16.5. The van der Waals surface area contributed by atoms with Crippen LogP contribution in [-0.4, -0.2) is 71.9 Å². The predicted molar refractivity (Wildman–Crippen MR) is 145 cm³/mol. The maximum atomic E-state index is 13.3. The van der Waals surface area contributed by atoms with Crippen LogP contribution < -0.4 is 10.6 Å². The van der Waals surface area contributed by atoms with Crippen molar-refractivity contribution in [1.29, 1.82) is 0 Å². The lowest BCUT2D eigenvalue weighted by atomic mass is 9.89. The number of benzene rings is 1. The molecule has 0 fully saturated rings. The molecule has 0 unspecified atom stereocenters. The number of aliphatic carboxylic acids is 1. The van der Waals surface area contributed by atoms with Crippen LogP contribution in [0.2, 0.25) is 0 Å². The Labute approximate surface area is 233 Å². The molecule has 0 aliphatic rings. The number of amides is 2. The summed E-state index contributed by atoms with van der Waals surface area (Å²) in [4.78, 5) is 65.1. The number of rotatable bonds is 20. The molecular formula is C27H39N5O8. The molecule has 220 valence electrons. The van der Waals surface area contributed by atoms with E-state index < -0.39 is 54.3 Å². The number of azide groups is 1. The first kappa shape index (κ1) is 34.1. The number of carboxylic acids is 1. The number of Topliss-reactive ketones (excluding diaryl/α,β-unsaturated/α-hetero) is 2. The first-order chi connectivity index (χ1) is 18.9. The third-order valence-electron chi connectivity index (χ3n) is 5.92. The third-order valence-corrected chi connectivity index (χ3v) is 5.92. The van der Waals surface area contributed by atoms with Crippen molar-refractivity contribution in [2.24, 2.45) is 22.9 Å². The summed E-state index contributed by atoms with van der Waals surface area (Å²) in [5, 5.41) is 27.4. The number of nitrogens with zero attached hydrogens (tertiary/aromatic N) is 3. The van der Waals surface area contributed by atoms with Crippen molar-refractivity contribution in [3.8, 4) is 5.75 Å². The molecule has 0 aliphatic carbocycles. The number of nitrogens with one attached hydrogen (secondary N) is 2. The number of ether oxygens (including phenoxy) is 1. The Morgan fingerprint density at radius 1 is 1.00 bits per heavy atom. The van der Waals surface area contributed by atoms with E-state index in [1.54, 1.807) is 12.1 Å². The Morgan fingerprint density at radius 2 is 1.68 bits per heavy atom. The van der Waals surface area contributed by atoms with Crippen LogP contribution in [0.4, 0.5) is 0 Å². The largest absolute Gasteiger partial charge is 0.508 e. The van der Waals surface area contributed by atoms with Crippen molar-refractivity contribution < 1.29 is 38.9 Å². The van der Waals surface area contributed by atoms with Crippen molar-refractivity contribution in [3.05, 3.63) is 40.3 Å². The molecule has 13 nitrogen and oxygen atoms in total. The standard InChI is InChI=1S/C27H39N5O8/c1-17(2)12-23(31-27(39)20(13-18(3)33)14-19-4-6-22(34)7-5-19)24(35)15-21(16-25(36)37)26(38)29-8-10-40-11-9-30-32-28/h4-7,17,20-21,23,34H,8-16H2,1-3H3,(H,29,38)(H,31,39)(H,36,37)/t20-,21-,23+/m0/s1. The second-order valence-electron chi connectivity index (χ2n) is 9.99. The molecule has 0 saturated heterocycles. The molecule has 40 heavy (non-hydrogen) atoms. The first-order valence-electron chi connectivity index (χ1n) is 13.1. The van der Waals surface area contributed by atoms with Gasteiger partial charge in [0, 0.05) is 36.8 Å². The van der Waals surface area contributed by atoms with Gasteiger partial charge in [-0.2, -0.15) is 0 Å². The van der Waals surface area contributed by atoms with Crippen molar-refractivity contribution in [1.82, 2.24) is 10.6 Å². The highest BCUT2D eigenvalue weighted by molar-refractivity contribution is 5.94. The van der Waals surface area contributed by atoms with Gasteiger partial charge in [0.15, 0.2) is 5.78 Å². The molecule has 0 radical (unpaired) electrons. The molecular weight excluding hydrogens is 522 g/mol. The number of aromatic hydroxyl groups is 1. The van der Waals surface area contributed by atoms with Gasteiger partial charge in [0.05, 0.1) is 31.6 Å². The zero-order chi connectivity index (χ0) is 30.1. The molecule has 1 aromatic rings. The fourth-order valence-corrected chi connectivity index (χ4v) is 4.05. The van der Waals surface area contributed by atoms with Crippen molar-refractivity contribution in [2.45, 2.75) is 58.9 Å². The Hall–Kier alpha value is -3.96. The summed E-state index contributed by atoms with van der Waals surface area (Å²) in [5.41, 5.74) is 8.97. The number of carboxylic acid groups (broad SMARTS) is 1. The minimum absolute atomic E-state index is 0.00753. The molecule has 4 N–H and O–H groups in total. The lowest BCUT2D eigenvalue weighted by molar-refractivity contribution is -0.142. The summed E-state index contributed by atoms with van der Waals surface area (Å²) in [5.74, 6) is -4.94. The van der Waals surface area contributed by atoms with Crippen molar-refractivity contribution >= 4 is 29.4 Å². The van der Waals surface area contributed by atoms with Gasteiger partial charge < -0.3 is 30.4 Å². The van der Waals surface area contributed by atoms with Crippen LogP contribution in [-0.2, 0) is 35.1 Å². The molecule has 1 rings (SSSR count). The van der Waals surface area contributed by atoms with Crippen molar-refractivity contribution in [2.75, 3.05) is 26.3 Å². The predicted octanol–water partition coefficient (Wildman–Crippen LogP) is 2.55. The van der Waals surface area contributed by atoms with E-state index >= 15 is 0 Å². The molecule has 0 spiro atoms. The molecule has 13 heteroatoms. The minimum atomic E-state index is -1.25. The van der Waals surface area contributed by atoms with Gasteiger partial charge in [-0.15, -0.1) is 0 Å². The van der Waals surface area contributed by atoms with Crippen LogP contribution in [0.25, 0.3) is 10.4 Å². The fraction of sp³-hybridized carbons (Fsp3) is 0.593. The molecule has 0 aliphatic heterocycles. The molecule has 0 aromatic heterocycles. The summed E-state index contributed by atoms with van der Waals surface area (Å²) in [7, 11) is 0. The molecule has 0 bridgehead atoms. The molecule has 1 aromatic carbocycles. The van der Waals surface area contributed by atoms with Gasteiger partial charge >= 0.3 is 5.97 Å². The summed E-state index contributed by atoms with van der Waals surface area (Å²) >= 11 is 0. The van der Waals surface area contributed by atoms with Crippen LogP contribution in [0.3, 0.4) is 0 Å². The Bertz CT molecular complexity index is 1050. The van der Waals surface area contributed by atoms with Crippen LogP contribution in [0, 0.1) is 17.8 Å². The van der Waals surface area contributed by atoms with Crippen molar-refractivity contribution in [3.63, 3.8) is 0 Å². The van der Waals surface area contributed by atoms with Crippen LogP contribution in [0.1, 0.15) is 52.0 Å².